The van der Waals surface area contributed by atoms with Crippen molar-refractivity contribution in [3.8, 4) is 0 Å². The highest BCUT2D eigenvalue weighted by Crippen LogP contribution is 2.14. The normalized spacial score (nSPS) is 20.6. The quantitative estimate of drug-likeness (QED) is 0.880. The van der Waals surface area contributed by atoms with Gasteiger partial charge in [-0.05, 0) is 50.9 Å². The number of piperidine rings is 1. The van der Waals surface area contributed by atoms with Gasteiger partial charge in [0.25, 0.3) is 0 Å². The van der Waals surface area contributed by atoms with Crippen LogP contribution in [0.1, 0.15) is 31.7 Å². The molecule has 1 aliphatic rings. The van der Waals surface area contributed by atoms with Gasteiger partial charge in [-0.25, -0.2) is 4.79 Å². The maximum Gasteiger partial charge on any atom is 0.411 e. The van der Waals surface area contributed by atoms with Gasteiger partial charge in [-0.3, -0.25) is 5.32 Å². The smallest absolute Gasteiger partial charge is 0.411 e. The highest BCUT2D eigenvalue weighted by Gasteiger charge is 2.22. The van der Waals surface area contributed by atoms with Crippen molar-refractivity contribution in [2.45, 2.75) is 45.3 Å². The first-order valence-corrected chi connectivity index (χ1v) is 6.93. The van der Waals surface area contributed by atoms with Crippen LogP contribution >= 0.6 is 0 Å². The zero-order valence-electron chi connectivity index (χ0n) is 11.6. The fourth-order valence-electron chi connectivity index (χ4n) is 2.40. The van der Waals surface area contributed by atoms with E-state index in [-0.39, 0.29) is 18.2 Å². The lowest BCUT2D eigenvalue weighted by Gasteiger charge is -2.28. The lowest BCUT2D eigenvalue weighted by Crippen LogP contribution is -2.44. The van der Waals surface area contributed by atoms with Gasteiger partial charge in [0.05, 0.1) is 0 Å². The fourth-order valence-corrected chi connectivity index (χ4v) is 2.40. The lowest BCUT2D eigenvalue weighted by molar-refractivity contribution is 0.0879. The third kappa shape index (κ3) is 4.24. The van der Waals surface area contributed by atoms with Crippen LogP contribution in [0.3, 0.4) is 0 Å². The Balaban J connectivity index is 1.83. The third-order valence-electron chi connectivity index (χ3n) is 3.47. The average molecular weight is 262 g/mol. The van der Waals surface area contributed by atoms with Gasteiger partial charge < -0.3 is 10.1 Å². The van der Waals surface area contributed by atoms with Crippen LogP contribution in [-0.2, 0) is 4.74 Å². The highest BCUT2D eigenvalue weighted by molar-refractivity contribution is 5.84. The number of amides is 1. The molecule has 0 aromatic heterocycles. The van der Waals surface area contributed by atoms with Gasteiger partial charge in [-0.2, -0.15) is 0 Å². The van der Waals surface area contributed by atoms with Crippen LogP contribution in [0, 0.1) is 6.92 Å². The first-order valence-electron chi connectivity index (χ1n) is 6.93. The lowest BCUT2D eigenvalue weighted by atomic mass is 10.0. The molecule has 104 valence electrons. The molecule has 0 radical (unpaired) electrons. The summed E-state index contributed by atoms with van der Waals surface area (Å²) in [4.78, 5) is 11.8. The van der Waals surface area contributed by atoms with E-state index in [2.05, 4.69) is 10.6 Å². The van der Waals surface area contributed by atoms with E-state index in [0.717, 1.165) is 24.2 Å². The first-order chi connectivity index (χ1) is 9.15. The molecule has 1 amide bonds. The number of hydrogen-bond acceptors (Lipinski definition) is 3. The number of rotatable bonds is 3. The molecule has 19 heavy (non-hydrogen) atoms. The summed E-state index contributed by atoms with van der Waals surface area (Å²) in [6.07, 6.45) is 2.98. The Hall–Kier alpha value is -1.55. The van der Waals surface area contributed by atoms with E-state index in [9.17, 15) is 4.79 Å². The van der Waals surface area contributed by atoms with E-state index in [4.69, 9.17) is 4.74 Å². The summed E-state index contributed by atoms with van der Waals surface area (Å²) in [5.41, 5.74) is 1.88. The molecular weight excluding hydrogens is 240 g/mol. The molecular formula is C15H22N2O2. The highest BCUT2D eigenvalue weighted by atomic mass is 16.6. The van der Waals surface area contributed by atoms with Crippen LogP contribution in [0.5, 0.6) is 0 Å². The maximum absolute atomic E-state index is 11.8. The Morgan fingerprint density at radius 1 is 1.47 bits per heavy atom. The second-order valence-electron chi connectivity index (χ2n) is 5.16. The zero-order chi connectivity index (χ0) is 13.7. The van der Waals surface area contributed by atoms with Gasteiger partial charge in [0.1, 0.15) is 6.10 Å². The Bertz CT molecular complexity index is 428. The molecule has 1 aliphatic heterocycles. The van der Waals surface area contributed by atoms with Crippen LogP contribution in [0.4, 0.5) is 10.5 Å². The SMILES string of the molecule is Cc1cccc(NC(=O)OC(C)C2CCCCN2)c1. The number of nitrogens with one attached hydrogen (secondary N) is 2. The number of ether oxygens (including phenoxy) is 1. The molecule has 0 aliphatic carbocycles. The molecule has 2 atom stereocenters. The second kappa shape index (κ2) is 6.57. The molecule has 1 aromatic rings. The molecule has 1 aromatic carbocycles. The van der Waals surface area contributed by atoms with Crippen molar-refractivity contribution in [3.05, 3.63) is 29.8 Å². The Labute approximate surface area is 114 Å². The number of aryl methyl sites for hydroxylation is 1. The van der Waals surface area contributed by atoms with Crippen LogP contribution < -0.4 is 10.6 Å². The van der Waals surface area contributed by atoms with Crippen LogP contribution in [-0.4, -0.2) is 24.8 Å². The summed E-state index contributed by atoms with van der Waals surface area (Å²) < 4.78 is 5.42. The van der Waals surface area contributed by atoms with E-state index in [1.165, 1.54) is 12.8 Å². The van der Waals surface area contributed by atoms with E-state index in [1.54, 1.807) is 0 Å². The van der Waals surface area contributed by atoms with Gasteiger partial charge in [-0.15, -0.1) is 0 Å². The van der Waals surface area contributed by atoms with Gasteiger partial charge in [0.15, 0.2) is 0 Å². The fraction of sp³-hybridized carbons (Fsp3) is 0.533. The van der Waals surface area contributed by atoms with Crippen LogP contribution in [0.25, 0.3) is 0 Å². The number of benzene rings is 1. The molecule has 1 heterocycles. The summed E-state index contributed by atoms with van der Waals surface area (Å²) in [6, 6.07) is 7.96. The minimum atomic E-state index is -0.384. The molecule has 4 nitrogen and oxygen atoms in total. The maximum atomic E-state index is 11.8. The summed E-state index contributed by atoms with van der Waals surface area (Å²) in [5.74, 6) is 0. The van der Waals surface area contributed by atoms with Crippen molar-refractivity contribution < 1.29 is 9.53 Å². The summed E-state index contributed by atoms with van der Waals surface area (Å²) >= 11 is 0. The van der Waals surface area contributed by atoms with Crippen molar-refractivity contribution in [1.82, 2.24) is 5.32 Å². The number of anilines is 1. The van der Waals surface area contributed by atoms with Crippen molar-refractivity contribution in [1.29, 1.82) is 0 Å². The van der Waals surface area contributed by atoms with Gasteiger partial charge in [0, 0.05) is 11.7 Å². The predicted octanol–water partition coefficient (Wildman–Crippen LogP) is 3.07. The largest absolute Gasteiger partial charge is 0.445 e. The minimum Gasteiger partial charge on any atom is -0.445 e. The predicted molar refractivity (Wildman–Crippen MR) is 76.4 cm³/mol. The summed E-state index contributed by atoms with van der Waals surface area (Å²) in [6.45, 7) is 4.95. The van der Waals surface area contributed by atoms with E-state index in [0.29, 0.717) is 0 Å². The molecule has 0 bridgehead atoms. The van der Waals surface area contributed by atoms with Gasteiger partial charge in [0.2, 0.25) is 0 Å². The molecule has 2 N–H and O–H groups in total. The molecule has 2 rings (SSSR count). The standard InChI is InChI=1S/C15H22N2O2/c1-11-6-5-7-13(10-11)17-15(18)19-12(2)14-8-3-4-9-16-14/h5-7,10,12,14,16H,3-4,8-9H2,1-2H3,(H,17,18). The summed E-state index contributed by atoms with van der Waals surface area (Å²) in [5, 5.41) is 6.16. The molecule has 1 saturated heterocycles. The molecule has 1 fully saturated rings. The number of carbonyl (C=O) groups excluding carboxylic acids is 1. The Morgan fingerprint density at radius 3 is 3.00 bits per heavy atom. The van der Waals surface area contributed by atoms with Crippen molar-refractivity contribution >= 4 is 11.8 Å². The second-order valence-corrected chi connectivity index (χ2v) is 5.16. The molecule has 0 spiro atoms. The van der Waals surface area contributed by atoms with Crippen LogP contribution in [0.15, 0.2) is 24.3 Å². The summed E-state index contributed by atoms with van der Waals surface area (Å²) in [7, 11) is 0. The Morgan fingerprint density at radius 2 is 2.32 bits per heavy atom. The monoisotopic (exact) mass is 262 g/mol. The van der Waals surface area contributed by atoms with Gasteiger partial charge >= 0.3 is 6.09 Å². The van der Waals surface area contributed by atoms with Gasteiger partial charge in [-0.1, -0.05) is 18.6 Å². The van der Waals surface area contributed by atoms with E-state index < -0.39 is 0 Å². The molecule has 0 saturated carbocycles. The topological polar surface area (TPSA) is 50.4 Å². The Kier molecular flexibility index (Phi) is 4.80. The zero-order valence-corrected chi connectivity index (χ0v) is 11.6. The van der Waals surface area contributed by atoms with Crippen molar-refractivity contribution in [3.63, 3.8) is 0 Å². The van der Waals surface area contributed by atoms with Crippen molar-refractivity contribution in [2.24, 2.45) is 0 Å². The minimum absolute atomic E-state index is 0.106. The number of carbonyl (C=O) groups is 1. The van der Waals surface area contributed by atoms with E-state index in [1.807, 2.05) is 38.1 Å². The van der Waals surface area contributed by atoms with Crippen molar-refractivity contribution in [2.75, 3.05) is 11.9 Å². The van der Waals surface area contributed by atoms with E-state index >= 15 is 0 Å². The average Bonchev–Trinajstić information content (AvgIpc) is 2.39. The molecule has 2 unspecified atom stereocenters. The van der Waals surface area contributed by atoms with Crippen LogP contribution in [0.2, 0.25) is 0 Å². The number of hydrogen-bond donors (Lipinski definition) is 2. The third-order valence-corrected chi connectivity index (χ3v) is 3.47. The molecule has 4 heteroatoms. The first kappa shape index (κ1) is 13.9.